The fourth-order valence-corrected chi connectivity index (χ4v) is 3.05. The first kappa shape index (κ1) is 10.8. The zero-order valence-electron chi connectivity index (χ0n) is 9.67. The Morgan fingerprint density at radius 1 is 1.27 bits per heavy atom. The summed E-state index contributed by atoms with van der Waals surface area (Å²) in [6.45, 7) is 4.68. The molecule has 15 heavy (non-hydrogen) atoms. The molecular formula is C12H22N2O. The molecule has 3 nitrogen and oxygen atoms in total. The third kappa shape index (κ3) is 2.44. The standard InChI is InChI=1S/C12H22N2O/c1-2-13-12(15)14-8-7-10-5-3-4-6-11(10)9-14/h10-11H,2-9H2,1H3,(H,13,15). The Balaban J connectivity index is 1.87. The van der Waals surface area contributed by atoms with E-state index in [0.717, 1.165) is 31.5 Å². The third-order valence-electron chi connectivity index (χ3n) is 3.91. The largest absolute Gasteiger partial charge is 0.338 e. The van der Waals surface area contributed by atoms with Crippen LogP contribution < -0.4 is 5.32 Å². The number of hydrogen-bond acceptors (Lipinski definition) is 1. The Morgan fingerprint density at radius 2 is 2.00 bits per heavy atom. The summed E-state index contributed by atoms with van der Waals surface area (Å²) in [6.07, 6.45) is 6.73. The van der Waals surface area contributed by atoms with Gasteiger partial charge in [0.25, 0.3) is 0 Å². The van der Waals surface area contributed by atoms with Crippen molar-refractivity contribution in [2.75, 3.05) is 19.6 Å². The molecule has 0 spiro atoms. The highest BCUT2D eigenvalue weighted by molar-refractivity contribution is 5.74. The van der Waals surface area contributed by atoms with Crippen LogP contribution in [0.1, 0.15) is 39.0 Å². The normalized spacial score (nSPS) is 30.9. The average molecular weight is 210 g/mol. The molecule has 0 aromatic carbocycles. The molecular weight excluding hydrogens is 188 g/mol. The molecule has 1 aliphatic heterocycles. The Morgan fingerprint density at radius 3 is 2.73 bits per heavy atom. The summed E-state index contributed by atoms with van der Waals surface area (Å²) in [7, 11) is 0. The first-order valence-electron chi connectivity index (χ1n) is 6.34. The first-order chi connectivity index (χ1) is 7.31. The van der Waals surface area contributed by atoms with Gasteiger partial charge in [0.2, 0.25) is 0 Å². The van der Waals surface area contributed by atoms with E-state index in [1.165, 1.54) is 32.1 Å². The van der Waals surface area contributed by atoms with Crippen molar-refractivity contribution >= 4 is 6.03 Å². The average Bonchev–Trinajstić information content (AvgIpc) is 2.29. The number of piperidine rings is 1. The van der Waals surface area contributed by atoms with Crippen LogP contribution in [0.3, 0.4) is 0 Å². The lowest BCUT2D eigenvalue weighted by Crippen LogP contribution is -2.48. The van der Waals surface area contributed by atoms with E-state index in [-0.39, 0.29) is 6.03 Å². The van der Waals surface area contributed by atoms with Crippen molar-refractivity contribution in [1.29, 1.82) is 0 Å². The van der Waals surface area contributed by atoms with Crippen LogP contribution in [-0.2, 0) is 0 Å². The summed E-state index contributed by atoms with van der Waals surface area (Å²) < 4.78 is 0. The molecule has 0 aromatic heterocycles. The molecule has 2 aliphatic rings. The van der Waals surface area contributed by atoms with Gasteiger partial charge < -0.3 is 10.2 Å². The number of rotatable bonds is 1. The molecule has 1 N–H and O–H groups in total. The molecule has 1 aliphatic carbocycles. The third-order valence-corrected chi connectivity index (χ3v) is 3.91. The minimum Gasteiger partial charge on any atom is -0.338 e. The molecule has 0 aromatic rings. The number of nitrogens with one attached hydrogen (secondary N) is 1. The number of nitrogens with zero attached hydrogens (tertiary/aromatic N) is 1. The number of carbonyl (C=O) groups is 1. The van der Waals surface area contributed by atoms with Crippen LogP contribution in [0, 0.1) is 11.8 Å². The molecule has 1 heterocycles. The summed E-state index contributed by atoms with van der Waals surface area (Å²) in [5.41, 5.74) is 0. The van der Waals surface area contributed by atoms with E-state index in [2.05, 4.69) is 5.32 Å². The fraction of sp³-hybridized carbons (Fsp3) is 0.917. The van der Waals surface area contributed by atoms with Gasteiger partial charge in [-0.3, -0.25) is 0 Å². The summed E-state index contributed by atoms with van der Waals surface area (Å²) in [5, 5.41) is 2.90. The van der Waals surface area contributed by atoms with Crippen LogP contribution in [0.2, 0.25) is 0 Å². The summed E-state index contributed by atoms with van der Waals surface area (Å²) in [5.74, 6) is 1.69. The Labute approximate surface area is 92.2 Å². The Bertz CT molecular complexity index is 230. The highest BCUT2D eigenvalue weighted by Gasteiger charge is 2.32. The van der Waals surface area contributed by atoms with Crippen molar-refractivity contribution < 1.29 is 4.79 Å². The molecule has 2 atom stereocenters. The van der Waals surface area contributed by atoms with Gasteiger partial charge in [-0.05, 0) is 31.6 Å². The number of hydrogen-bond donors (Lipinski definition) is 1. The van der Waals surface area contributed by atoms with Gasteiger partial charge in [0.15, 0.2) is 0 Å². The minimum atomic E-state index is 0.140. The van der Waals surface area contributed by atoms with Crippen LogP contribution in [-0.4, -0.2) is 30.6 Å². The highest BCUT2D eigenvalue weighted by atomic mass is 16.2. The molecule has 0 radical (unpaired) electrons. The lowest BCUT2D eigenvalue weighted by molar-refractivity contribution is 0.102. The van der Waals surface area contributed by atoms with Gasteiger partial charge in [0.1, 0.15) is 0 Å². The SMILES string of the molecule is CCNC(=O)N1CCC2CCCCC2C1. The summed E-state index contributed by atoms with van der Waals surface area (Å²) >= 11 is 0. The van der Waals surface area contributed by atoms with Crippen molar-refractivity contribution in [2.45, 2.75) is 39.0 Å². The minimum absolute atomic E-state index is 0.140. The predicted molar refractivity (Wildman–Crippen MR) is 60.7 cm³/mol. The molecule has 2 amide bonds. The van der Waals surface area contributed by atoms with Gasteiger partial charge in [-0.15, -0.1) is 0 Å². The van der Waals surface area contributed by atoms with Crippen molar-refractivity contribution in [2.24, 2.45) is 11.8 Å². The number of amides is 2. The van der Waals surface area contributed by atoms with E-state index >= 15 is 0 Å². The van der Waals surface area contributed by atoms with Crippen LogP contribution in [0.15, 0.2) is 0 Å². The van der Waals surface area contributed by atoms with E-state index in [0.29, 0.717) is 0 Å². The van der Waals surface area contributed by atoms with E-state index in [1.807, 2.05) is 11.8 Å². The molecule has 2 fully saturated rings. The molecule has 1 saturated carbocycles. The summed E-state index contributed by atoms with van der Waals surface area (Å²) in [4.78, 5) is 13.7. The molecule has 2 rings (SSSR count). The number of carbonyl (C=O) groups excluding carboxylic acids is 1. The van der Waals surface area contributed by atoms with Crippen molar-refractivity contribution in [3.63, 3.8) is 0 Å². The van der Waals surface area contributed by atoms with Gasteiger partial charge in [-0.25, -0.2) is 4.79 Å². The predicted octanol–water partition coefficient (Wildman–Crippen LogP) is 2.23. The van der Waals surface area contributed by atoms with E-state index in [4.69, 9.17) is 0 Å². The quantitative estimate of drug-likeness (QED) is 0.707. The summed E-state index contributed by atoms with van der Waals surface area (Å²) in [6, 6.07) is 0.140. The van der Waals surface area contributed by atoms with E-state index in [1.54, 1.807) is 0 Å². The van der Waals surface area contributed by atoms with E-state index in [9.17, 15) is 4.79 Å². The highest BCUT2D eigenvalue weighted by Crippen LogP contribution is 2.35. The monoisotopic (exact) mass is 210 g/mol. The van der Waals surface area contributed by atoms with E-state index < -0.39 is 0 Å². The Hall–Kier alpha value is -0.730. The smallest absolute Gasteiger partial charge is 0.317 e. The fourth-order valence-electron chi connectivity index (χ4n) is 3.05. The van der Waals surface area contributed by atoms with Gasteiger partial charge in [0.05, 0.1) is 0 Å². The second-order valence-corrected chi connectivity index (χ2v) is 4.87. The van der Waals surface area contributed by atoms with Crippen molar-refractivity contribution in [3.05, 3.63) is 0 Å². The van der Waals surface area contributed by atoms with Gasteiger partial charge >= 0.3 is 6.03 Å². The van der Waals surface area contributed by atoms with Crippen molar-refractivity contribution in [1.82, 2.24) is 10.2 Å². The van der Waals surface area contributed by atoms with Gasteiger partial charge in [0, 0.05) is 19.6 Å². The number of fused-ring (bicyclic) bond motifs is 1. The molecule has 3 heteroatoms. The lowest BCUT2D eigenvalue weighted by Gasteiger charge is -2.41. The topological polar surface area (TPSA) is 32.3 Å². The van der Waals surface area contributed by atoms with Gasteiger partial charge in [-0.2, -0.15) is 0 Å². The maximum Gasteiger partial charge on any atom is 0.317 e. The maximum absolute atomic E-state index is 11.7. The van der Waals surface area contributed by atoms with Crippen molar-refractivity contribution in [3.8, 4) is 0 Å². The second kappa shape index (κ2) is 4.86. The van der Waals surface area contributed by atoms with Crippen LogP contribution in [0.25, 0.3) is 0 Å². The van der Waals surface area contributed by atoms with Gasteiger partial charge in [-0.1, -0.05) is 19.3 Å². The molecule has 2 unspecified atom stereocenters. The number of likely N-dealkylation sites (tertiary alicyclic amines) is 1. The van der Waals surface area contributed by atoms with Crippen LogP contribution >= 0.6 is 0 Å². The van der Waals surface area contributed by atoms with Crippen LogP contribution in [0.4, 0.5) is 4.79 Å². The molecule has 1 saturated heterocycles. The van der Waals surface area contributed by atoms with Crippen LogP contribution in [0.5, 0.6) is 0 Å². The second-order valence-electron chi connectivity index (χ2n) is 4.87. The molecule has 0 bridgehead atoms. The maximum atomic E-state index is 11.7. The lowest BCUT2D eigenvalue weighted by atomic mass is 9.75. The number of urea groups is 1. The first-order valence-corrected chi connectivity index (χ1v) is 6.34. The Kier molecular flexibility index (Phi) is 3.49. The zero-order valence-corrected chi connectivity index (χ0v) is 9.67. The molecule has 86 valence electrons. The zero-order chi connectivity index (χ0) is 10.7.